The minimum absolute atomic E-state index is 0.260. The van der Waals surface area contributed by atoms with Crippen molar-refractivity contribution in [3.63, 3.8) is 0 Å². The zero-order chi connectivity index (χ0) is 22.8. The van der Waals surface area contributed by atoms with Crippen LogP contribution in [0.2, 0.25) is 5.02 Å². The molecule has 7 nitrogen and oxygen atoms in total. The highest BCUT2D eigenvalue weighted by Gasteiger charge is 2.25. The lowest BCUT2D eigenvalue weighted by molar-refractivity contribution is -0.125. The number of halogens is 1. The van der Waals surface area contributed by atoms with Crippen LogP contribution in [0.15, 0.2) is 59.4 Å². The predicted molar refractivity (Wildman–Crippen MR) is 125 cm³/mol. The van der Waals surface area contributed by atoms with Crippen molar-refractivity contribution < 1.29 is 4.79 Å². The normalized spacial score (nSPS) is 12.1. The summed E-state index contributed by atoms with van der Waals surface area (Å²) in [5.74, 6) is -0.260. The van der Waals surface area contributed by atoms with Gasteiger partial charge in [0.05, 0.1) is 22.5 Å². The van der Waals surface area contributed by atoms with E-state index in [0.29, 0.717) is 40.3 Å². The molecule has 2 aromatic carbocycles. The average molecular weight is 450 g/mol. The van der Waals surface area contributed by atoms with Crippen LogP contribution in [-0.2, 0) is 11.3 Å². The van der Waals surface area contributed by atoms with Crippen molar-refractivity contribution in [3.05, 3.63) is 86.9 Å². The lowest BCUT2D eigenvalue weighted by atomic mass is 10.1. The first-order chi connectivity index (χ1) is 15.4. The zero-order valence-electron chi connectivity index (χ0n) is 18.2. The summed E-state index contributed by atoms with van der Waals surface area (Å²) in [7, 11) is 0. The number of carbonyl (C=O) groups excluding carboxylic acids is 1. The number of amides is 1. The van der Waals surface area contributed by atoms with E-state index >= 15 is 0 Å². The molecular weight excluding hydrogens is 426 g/mol. The first-order valence-corrected chi connectivity index (χ1v) is 10.8. The Morgan fingerprint density at radius 1 is 1.06 bits per heavy atom. The second kappa shape index (κ2) is 8.96. The van der Waals surface area contributed by atoms with Gasteiger partial charge >= 0.3 is 0 Å². The molecule has 1 unspecified atom stereocenters. The van der Waals surface area contributed by atoms with E-state index in [1.807, 2.05) is 56.3 Å². The van der Waals surface area contributed by atoms with E-state index in [1.165, 1.54) is 4.68 Å². The molecule has 1 amide bonds. The maximum absolute atomic E-state index is 13.4. The van der Waals surface area contributed by atoms with Gasteiger partial charge in [0, 0.05) is 11.6 Å². The maximum atomic E-state index is 13.4. The fourth-order valence-electron chi connectivity index (χ4n) is 3.79. The highest BCUT2D eigenvalue weighted by atomic mass is 35.5. The summed E-state index contributed by atoms with van der Waals surface area (Å²) >= 11 is 5.92. The minimum Gasteiger partial charge on any atom is -0.350 e. The van der Waals surface area contributed by atoms with Gasteiger partial charge in [-0.05, 0) is 50.1 Å². The lowest BCUT2D eigenvalue weighted by Gasteiger charge is -2.17. The van der Waals surface area contributed by atoms with E-state index in [-0.39, 0.29) is 11.5 Å². The van der Waals surface area contributed by atoms with Gasteiger partial charge in [-0.15, -0.1) is 0 Å². The second-order valence-electron chi connectivity index (χ2n) is 7.66. The summed E-state index contributed by atoms with van der Waals surface area (Å²) in [6.07, 6.45) is 0.427. The van der Waals surface area contributed by atoms with E-state index in [4.69, 9.17) is 11.6 Å². The Morgan fingerprint density at radius 3 is 2.41 bits per heavy atom. The molecule has 8 heteroatoms. The molecule has 164 valence electrons. The van der Waals surface area contributed by atoms with Gasteiger partial charge in [-0.3, -0.25) is 9.59 Å². The van der Waals surface area contributed by atoms with Gasteiger partial charge < -0.3 is 5.32 Å². The molecule has 0 aliphatic heterocycles. The Kier molecular flexibility index (Phi) is 6.10. The number of hydrogen-bond donors (Lipinski definition) is 1. The molecule has 0 radical (unpaired) electrons. The van der Waals surface area contributed by atoms with Crippen molar-refractivity contribution in [1.82, 2.24) is 24.9 Å². The summed E-state index contributed by atoms with van der Waals surface area (Å²) in [6, 6.07) is 16.2. The molecule has 1 atom stereocenters. The first kappa shape index (κ1) is 21.8. The highest BCUT2D eigenvalue weighted by Crippen LogP contribution is 2.21. The molecule has 0 bridgehead atoms. The molecule has 2 heterocycles. The van der Waals surface area contributed by atoms with Crippen LogP contribution in [0.25, 0.3) is 16.6 Å². The Bertz CT molecular complexity index is 1330. The summed E-state index contributed by atoms with van der Waals surface area (Å²) in [6.45, 7) is 5.86. The summed E-state index contributed by atoms with van der Waals surface area (Å²) < 4.78 is 3.03. The van der Waals surface area contributed by atoms with Crippen molar-refractivity contribution in [2.75, 3.05) is 0 Å². The molecule has 0 spiro atoms. The van der Waals surface area contributed by atoms with Crippen molar-refractivity contribution in [2.45, 2.75) is 39.8 Å². The van der Waals surface area contributed by atoms with Gasteiger partial charge in [0.2, 0.25) is 5.91 Å². The Balaban J connectivity index is 1.70. The molecule has 2 aromatic heterocycles. The standard InChI is InChI=1S/C24H24ClN5O2/c1-4-20(23(31)26-14-17-10-12-18(25)13-11-17)30-24(32)21-16(3)29(19-8-6-5-7-9-19)28-22(21)15(2)27-30/h5-13,20H,4,14H2,1-3H3,(H,26,31). The quantitative estimate of drug-likeness (QED) is 0.480. The fourth-order valence-corrected chi connectivity index (χ4v) is 3.92. The van der Waals surface area contributed by atoms with Crippen molar-refractivity contribution in [2.24, 2.45) is 0 Å². The van der Waals surface area contributed by atoms with Gasteiger partial charge in [-0.25, -0.2) is 9.36 Å². The molecule has 1 N–H and O–H groups in total. The smallest absolute Gasteiger partial charge is 0.278 e. The lowest BCUT2D eigenvalue weighted by Crippen LogP contribution is -2.38. The van der Waals surface area contributed by atoms with Gasteiger partial charge in [0.1, 0.15) is 11.6 Å². The van der Waals surface area contributed by atoms with E-state index in [9.17, 15) is 9.59 Å². The van der Waals surface area contributed by atoms with Gasteiger partial charge in [-0.1, -0.05) is 48.9 Å². The Morgan fingerprint density at radius 2 is 1.75 bits per heavy atom. The monoisotopic (exact) mass is 449 g/mol. The number of aryl methyl sites for hydroxylation is 2. The Hall–Kier alpha value is -3.45. The number of nitrogens with one attached hydrogen (secondary N) is 1. The molecule has 0 aliphatic carbocycles. The first-order valence-electron chi connectivity index (χ1n) is 10.5. The fraction of sp³-hybridized carbons (Fsp3) is 0.250. The summed E-state index contributed by atoms with van der Waals surface area (Å²) in [4.78, 5) is 26.4. The van der Waals surface area contributed by atoms with Gasteiger partial charge in [0.15, 0.2) is 0 Å². The molecule has 0 fully saturated rings. The highest BCUT2D eigenvalue weighted by molar-refractivity contribution is 6.30. The van der Waals surface area contributed by atoms with Crippen LogP contribution in [0.3, 0.4) is 0 Å². The largest absolute Gasteiger partial charge is 0.350 e. The third kappa shape index (κ3) is 4.03. The predicted octanol–water partition coefficient (Wildman–Crippen LogP) is 4.12. The number of fused-ring (bicyclic) bond motifs is 1. The maximum Gasteiger partial charge on any atom is 0.278 e. The van der Waals surface area contributed by atoms with E-state index in [0.717, 1.165) is 11.3 Å². The average Bonchev–Trinajstić information content (AvgIpc) is 3.16. The van der Waals surface area contributed by atoms with Crippen LogP contribution in [0.1, 0.15) is 36.3 Å². The van der Waals surface area contributed by atoms with Crippen LogP contribution in [0.5, 0.6) is 0 Å². The third-order valence-corrected chi connectivity index (χ3v) is 5.76. The van der Waals surface area contributed by atoms with Crippen LogP contribution in [0.4, 0.5) is 0 Å². The Labute approximate surface area is 190 Å². The topological polar surface area (TPSA) is 81.8 Å². The number of para-hydroxylation sites is 1. The molecular formula is C24H24ClN5O2. The van der Waals surface area contributed by atoms with Crippen LogP contribution >= 0.6 is 11.6 Å². The minimum atomic E-state index is -0.725. The van der Waals surface area contributed by atoms with Gasteiger partial charge in [-0.2, -0.15) is 10.2 Å². The van der Waals surface area contributed by atoms with Crippen molar-refractivity contribution >= 4 is 28.4 Å². The SMILES string of the molecule is CCC(C(=O)NCc1ccc(Cl)cc1)n1nc(C)c2nn(-c3ccccc3)c(C)c2c1=O. The summed E-state index contributed by atoms with van der Waals surface area (Å²) in [5, 5.41) is 13.1. The van der Waals surface area contributed by atoms with Crippen LogP contribution in [-0.4, -0.2) is 25.5 Å². The zero-order valence-corrected chi connectivity index (χ0v) is 18.9. The van der Waals surface area contributed by atoms with E-state index < -0.39 is 6.04 Å². The number of carbonyl (C=O) groups is 1. The molecule has 0 saturated carbocycles. The second-order valence-corrected chi connectivity index (χ2v) is 8.10. The molecule has 0 saturated heterocycles. The number of benzene rings is 2. The molecule has 32 heavy (non-hydrogen) atoms. The van der Waals surface area contributed by atoms with E-state index in [1.54, 1.807) is 23.7 Å². The molecule has 4 rings (SSSR count). The van der Waals surface area contributed by atoms with Crippen molar-refractivity contribution in [3.8, 4) is 5.69 Å². The molecule has 4 aromatic rings. The number of aromatic nitrogens is 4. The van der Waals surface area contributed by atoms with Crippen LogP contribution in [0, 0.1) is 13.8 Å². The number of hydrogen-bond acceptors (Lipinski definition) is 4. The van der Waals surface area contributed by atoms with Gasteiger partial charge in [0.25, 0.3) is 5.56 Å². The van der Waals surface area contributed by atoms with E-state index in [2.05, 4.69) is 15.5 Å². The summed E-state index contributed by atoms with van der Waals surface area (Å²) in [5.41, 5.74) is 3.32. The number of nitrogens with zero attached hydrogens (tertiary/aromatic N) is 4. The third-order valence-electron chi connectivity index (χ3n) is 5.50. The number of rotatable bonds is 6. The van der Waals surface area contributed by atoms with Crippen LogP contribution < -0.4 is 10.9 Å². The molecule has 0 aliphatic rings. The van der Waals surface area contributed by atoms with Crippen molar-refractivity contribution in [1.29, 1.82) is 0 Å².